The summed E-state index contributed by atoms with van der Waals surface area (Å²) in [5, 5.41) is 9.52. The number of hydrogen-bond donors (Lipinski definition) is 2. The van der Waals surface area contributed by atoms with Gasteiger partial charge in [0, 0.05) is 33.1 Å². The van der Waals surface area contributed by atoms with E-state index in [2.05, 4.69) is 4.90 Å². The number of likely N-dealkylation sites (tertiary alicyclic amines) is 1. The molecule has 3 N–H and O–H groups in total. The number of nitrogens with zero attached hydrogens (tertiary/aromatic N) is 2. The Bertz CT molecular complexity index is 259. The van der Waals surface area contributed by atoms with Gasteiger partial charge in [-0.05, 0) is 38.8 Å². The number of hydrogen-bond acceptors (Lipinski definition) is 4. The quantitative estimate of drug-likeness (QED) is 0.667. The summed E-state index contributed by atoms with van der Waals surface area (Å²) in [5.41, 5.74) is 5.42. The molecule has 5 heteroatoms. The zero-order valence-corrected chi connectivity index (χ0v) is 11.6. The van der Waals surface area contributed by atoms with E-state index >= 15 is 0 Å². The van der Waals surface area contributed by atoms with Crippen LogP contribution in [0.3, 0.4) is 0 Å². The topological polar surface area (TPSA) is 69.8 Å². The van der Waals surface area contributed by atoms with E-state index in [1.165, 1.54) is 0 Å². The van der Waals surface area contributed by atoms with Crippen LogP contribution in [-0.2, 0) is 4.79 Å². The van der Waals surface area contributed by atoms with E-state index < -0.39 is 0 Å². The van der Waals surface area contributed by atoms with Gasteiger partial charge in [-0.25, -0.2) is 0 Å². The number of aliphatic hydroxyl groups excluding tert-OH is 1. The van der Waals surface area contributed by atoms with E-state index in [1.807, 2.05) is 14.0 Å². The van der Waals surface area contributed by atoms with Gasteiger partial charge < -0.3 is 20.6 Å². The van der Waals surface area contributed by atoms with Crippen molar-refractivity contribution in [2.24, 2.45) is 11.7 Å². The maximum absolute atomic E-state index is 11.8. The Labute approximate surface area is 110 Å². The van der Waals surface area contributed by atoms with E-state index in [-0.39, 0.29) is 12.0 Å². The molecular weight excluding hydrogens is 230 g/mol. The van der Waals surface area contributed by atoms with Crippen molar-refractivity contribution >= 4 is 5.91 Å². The lowest BCUT2D eigenvalue weighted by molar-refractivity contribution is -0.130. The lowest BCUT2D eigenvalue weighted by atomic mass is 10.0. The van der Waals surface area contributed by atoms with Crippen molar-refractivity contribution in [3.8, 4) is 0 Å². The molecule has 0 aromatic carbocycles. The minimum atomic E-state index is -0.238. The summed E-state index contributed by atoms with van der Waals surface area (Å²) in [6, 6.07) is 0. The van der Waals surface area contributed by atoms with Crippen molar-refractivity contribution < 1.29 is 9.90 Å². The molecule has 2 unspecified atom stereocenters. The Morgan fingerprint density at radius 2 is 2.33 bits per heavy atom. The summed E-state index contributed by atoms with van der Waals surface area (Å²) in [7, 11) is 1.83. The lowest BCUT2D eigenvalue weighted by Gasteiger charge is -2.20. The van der Waals surface area contributed by atoms with Gasteiger partial charge in [0.05, 0.1) is 6.10 Å². The molecule has 18 heavy (non-hydrogen) atoms. The first-order chi connectivity index (χ1) is 8.54. The summed E-state index contributed by atoms with van der Waals surface area (Å²) in [6.45, 7) is 5.92. The van der Waals surface area contributed by atoms with Crippen molar-refractivity contribution in [1.82, 2.24) is 9.80 Å². The fourth-order valence-corrected chi connectivity index (χ4v) is 2.36. The van der Waals surface area contributed by atoms with Crippen molar-refractivity contribution in [1.29, 1.82) is 0 Å². The first-order valence-corrected chi connectivity index (χ1v) is 6.89. The van der Waals surface area contributed by atoms with Gasteiger partial charge in [-0.15, -0.1) is 0 Å². The number of carbonyl (C=O) groups is 1. The highest BCUT2D eigenvalue weighted by molar-refractivity contribution is 5.76. The van der Waals surface area contributed by atoms with Gasteiger partial charge in [0.2, 0.25) is 5.91 Å². The molecule has 0 aromatic heterocycles. The lowest BCUT2D eigenvalue weighted by Crippen LogP contribution is -2.33. The molecule has 1 heterocycles. The highest BCUT2D eigenvalue weighted by Crippen LogP contribution is 2.19. The van der Waals surface area contributed by atoms with Crippen LogP contribution in [0, 0.1) is 5.92 Å². The van der Waals surface area contributed by atoms with Gasteiger partial charge in [-0.3, -0.25) is 4.79 Å². The second-order valence-corrected chi connectivity index (χ2v) is 5.30. The fourth-order valence-electron chi connectivity index (χ4n) is 2.36. The molecule has 0 aliphatic carbocycles. The van der Waals surface area contributed by atoms with Gasteiger partial charge >= 0.3 is 0 Å². The Balaban J connectivity index is 2.19. The molecular formula is C13H27N3O2. The molecule has 5 nitrogen and oxygen atoms in total. The van der Waals surface area contributed by atoms with E-state index in [4.69, 9.17) is 5.73 Å². The van der Waals surface area contributed by atoms with E-state index in [0.717, 1.165) is 39.0 Å². The van der Waals surface area contributed by atoms with E-state index in [0.29, 0.717) is 18.9 Å². The molecule has 0 radical (unpaired) electrons. The Morgan fingerprint density at radius 1 is 1.61 bits per heavy atom. The van der Waals surface area contributed by atoms with Gasteiger partial charge in [-0.1, -0.05) is 0 Å². The van der Waals surface area contributed by atoms with Crippen LogP contribution < -0.4 is 5.73 Å². The van der Waals surface area contributed by atoms with Crippen LogP contribution in [0.2, 0.25) is 0 Å². The molecule has 1 rings (SSSR count). The monoisotopic (exact) mass is 257 g/mol. The largest absolute Gasteiger partial charge is 0.393 e. The molecule has 1 aliphatic rings. The fraction of sp³-hybridized carbons (Fsp3) is 0.923. The minimum Gasteiger partial charge on any atom is -0.393 e. The minimum absolute atomic E-state index is 0.184. The van der Waals surface area contributed by atoms with Crippen LogP contribution in [0.25, 0.3) is 0 Å². The third-order valence-electron chi connectivity index (χ3n) is 3.76. The second kappa shape index (κ2) is 7.71. The molecule has 0 aromatic rings. The first kappa shape index (κ1) is 15.4. The van der Waals surface area contributed by atoms with Crippen molar-refractivity contribution in [3.63, 3.8) is 0 Å². The third-order valence-corrected chi connectivity index (χ3v) is 3.76. The maximum atomic E-state index is 11.8. The van der Waals surface area contributed by atoms with Crippen molar-refractivity contribution in [3.05, 3.63) is 0 Å². The highest BCUT2D eigenvalue weighted by atomic mass is 16.3. The molecule has 1 aliphatic heterocycles. The van der Waals surface area contributed by atoms with E-state index in [9.17, 15) is 9.90 Å². The number of rotatable bonds is 7. The van der Waals surface area contributed by atoms with E-state index in [1.54, 1.807) is 4.90 Å². The van der Waals surface area contributed by atoms with Crippen molar-refractivity contribution in [2.45, 2.75) is 32.3 Å². The Morgan fingerprint density at radius 3 is 2.89 bits per heavy atom. The maximum Gasteiger partial charge on any atom is 0.223 e. The SMILES string of the molecule is CC(O)C1CCN(CCC(=O)N(C)CCCN)C1. The smallest absolute Gasteiger partial charge is 0.223 e. The second-order valence-electron chi connectivity index (χ2n) is 5.30. The number of amides is 1. The van der Waals surface area contributed by atoms with Crippen molar-refractivity contribution in [2.75, 3.05) is 39.8 Å². The first-order valence-electron chi connectivity index (χ1n) is 6.89. The zero-order valence-electron chi connectivity index (χ0n) is 11.6. The molecule has 1 saturated heterocycles. The molecule has 0 saturated carbocycles. The zero-order chi connectivity index (χ0) is 13.5. The predicted molar refractivity (Wildman–Crippen MR) is 72.2 cm³/mol. The molecule has 0 spiro atoms. The normalized spacial score (nSPS) is 22.1. The van der Waals surface area contributed by atoms with Gasteiger partial charge in [0.25, 0.3) is 0 Å². The van der Waals surface area contributed by atoms with Crippen LogP contribution in [0.15, 0.2) is 0 Å². The highest BCUT2D eigenvalue weighted by Gasteiger charge is 2.26. The standard InChI is InChI=1S/C13H27N3O2/c1-11(17)12-4-8-16(10-12)9-5-13(18)15(2)7-3-6-14/h11-12,17H,3-10,14H2,1-2H3. The van der Waals surface area contributed by atoms with Crippen LogP contribution in [0.4, 0.5) is 0 Å². The number of aliphatic hydroxyl groups is 1. The summed E-state index contributed by atoms with van der Waals surface area (Å²) < 4.78 is 0. The average molecular weight is 257 g/mol. The third kappa shape index (κ3) is 4.92. The van der Waals surface area contributed by atoms with Gasteiger partial charge in [-0.2, -0.15) is 0 Å². The summed E-state index contributed by atoms with van der Waals surface area (Å²) in [5.74, 6) is 0.555. The number of carbonyl (C=O) groups excluding carboxylic acids is 1. The Hall–Kier alpha value is -0.650. The summed E-state index contributed by atoms with van der Waals surface area (Å²) in [4.78, 5) is 15.9. The molecule has 106 valence electrons. The summed E-state index contributed by atoms with van der Waals surface area (Å²) >= 11 is 0. The molecule has 1 fully saturated rings. The number of nitrogens with two attached hydrogens (primary N) is 1. The van der Waals surface area contributed by atoms with Gasteiger partial charge in [0.1, 0.15) is 0 Å². The van der Waals surface area contributed by atoms with Crippen LogP contribution in [-0.4, -0.2) is 66.7 Å². The average Bonchev–Trinajstić information content (AvgIpc) is 2.81. The van der Waals surface area contributed by atoms with Gasteiger partial charge in [0.15, 0.2) is 0 Å². The van der Waals surface area contributed by atoms with Crippen LogP contribution in [0.1, 0.15) is 26.2 Å². The molecule has 2 atom stereocenters. The molecule has 1 amide bonds. The Kier molecular flexibility index (Phi) is 6.60. The van der Waals surface area contributed by atoms with Crippen LogP contribution in [0.5, 0.6) is 0 Å². The predicted octanol–water partition coefficient (Wildman–Crippen LogP) is -0.114. The van der Waals surface area contributed by atoms with Crippen LogP contribution >= 0.6 is 0 Å². The molecule has 0 bridgehead atoms. The summed E-state index contributed by atoms with van der Waals surface area (Å²) in [6.07, 6.45) is 2.22.